The lowest BCUT2D eigenvalue weighted by Gasteiger charge is -2.36. The van der Waals surface area contributed by atoms with Crippen molar-refractivity contribution in [2.75, 3.05) is 20.2 Å². The lowest BCUT2D eigenvalue weighted by molar-refractivity contribution is -0.154. The van der Waals surface area contributed by atoms with E-state index < -0.39 is 0 Å². The van der Waals surface area contributed by atoms with Crippen molar-refractivity contribution in [3.05, 3.63) is 29.3 Å². The maximum Gasteiger partial charge on any atom is 0.251 e. The number of nitrogens with zero attached hydrogens (tertiary/aromatic N) is 2. The van der Waals surface area contributed by atoms with Crippen molar-refractivity contribution >= 4 is 17.7 Å². The molecule has 2 heterocycles. The standard InChI is InChI=1S/C20H27N3O4/c1-4-13(2)21-19(25)14-7-8-17(27-3)15(10-14)11-22-12-18(24)23-9-5-6-16(23)20(22)26/h7-8,10,13,16H,4-6,9,11-12H2,1-3H3,(H,21,25)/t13-,16-/m0/s1. The molecule has 7 nitrogen and oxygen atoms in total. The summed E-state index contributed by atoms with van der Waals surface area (Å²) in [5.74, 6) is 0.408. The number of benzene rings is 1. The number of amides is 3. The first-order valence-electron chi connectivity index (χ1n) is 9.50. The number of carbonyl (C=O) groups is 3. The first-order valence-corrected chi connectivity index (χ1v) is 9.50. The summed E-state index contributed by atoms with van der Waals surface area (Å²) in [4.78, 5) is 40.8. The van der Waals surface area contributed by atoms with Crippen LogP contribution >= 0.6 is 0 Å². The number of rotatable bonds is 6. The highest BCUT2D eigenvalue weighted by molar-refractivity contribution is 5.96. The molecule has 2 aliphatic heterocycles. The second-order valence-corrected chi connectivity index (χ2v) is 7.25. The Morgan fingerprint density at radius 3 is 2.85 bits per heavy atom. The van der Waals surface area contributed by atoms with Crippen LogP contribution in [0.15, 0.2) is 18.2 Å². The zero-order valence-electron chi connectivity index (χ0n) is 16.2. The molecule has 0 saturated carbocycles. The van der Waals surface area contributed by atoms with Crippen LogP contribution in [0, 0.1) is 0 Å². The van der Waals surface area contributed by atoms with Gasteiger partial charge in [0, 0.05) is 30.3 Å². The number of methoxy groups -OCH3 is 1. The molecule has 2 aliphatic rings. The van der Waals surface area contributed by atoms with Gasteiger partial charge >= 0.3 is 0 Å². The van der Waals surface area contributed by atoms with E-state index in [0.717, 1.165) is 24.8 Å². The summed E-state index contributed by atoms with van der Waals surface area (Å²) in [5.41, 5.74) is 1.24. The summed E-state index contributed by atoms with van der Waals surface area (Å²) >= 11 is 0. The molecule has 3 amide bonds. The Morgan fingerprint density at radius 2 is 2.15 bits per heavy atom. The van der Waals surface area contributed by atoms with Gasteiger partial charge < -0.3 is 19.9 Å². The zero-order chi connectivity index (χ0) is 19.6. The number of nitrogens with one attached hydrogen (secondary N) is 1. The molecular formula is C20H27N3O4. The zero-order valence-corrected chi connectivity index (χ0v) is 16.2. The van der Waals surface area contributed by atoms with E-state index in [2.05, 4.69) is 5.32 Å². The topological polar surface area (TPSA) is 79.0 Å². The molecule has 3 rings (SSSR count). The first-order chi connectivity index (χ1) is 12.9. The predicted molar refractivity (Wildman–Crippen MR) is 100 cm³/mol. The van der Waals surface area contributed by atoms with Gasteiger partial charge in [-0.15, -0.1) is 0 Å². The minimum absolute atomic E-state index is 0.0123. The van der Waals surface area contributed by atoms with Crippen molar-refractivity contribution in [1.29, 1.82) is 0 Å². The van der Waals surface area contributed by atoms with E-state index in [1.165, 1.54) is 0 Å². The Kier molecular flexibility index (Phi) is 5.68. The summed E-state index contributed by atoms with van der Waals surface area (Å²) in [6, 6.07) is 4.93. The summed E-state index contributed by atoms with van der Waals surface area (Å²) < 4.78 is 5.41. The molecule has 0 spiro atoms. The summed E-state index contributed by atoms with van der Waals surface area (Å²) in [5, 5.41) is 2.94. The molecule has 0 bridgehead atoms. The molecule has 1 aromatic rings. The molecule has 0 radical (unpaired) electrons. The van der Waals surface area contributed by atoms with E-state index in [-0.39, 0.29) is 42.9 Å². The second kappa shape index (κ2) is 7.98. The van der Waals surface area contributed by atoms with Gasteiger partial charge in [-0.25, -0.2) is 0 Å². The minimum atomic E-state index is -0.339. The van der Waals surface area contributed by atoms with Gasteiger partial charge in [0.25, 0.3) is 5.91 Å². The summed E-state index contributed by atoms with van der Waals surface area (Å²) in [6.45, 7) is 4.95. The molecule has 0 unspecified atom stereocenters. The lowest BCUT2D eigenvalue weighted by atomic mass is 10.1. The van der Waals surface area contributed by atoms with E-state index in [9.17, 15) is 14.4 Å². The largest absolute Gasteiger partial charge is 0.496 e. The van der Waals surface area contributed by atoms with Crippen molar-refractivity contribution in [3.63, 3.8) is 0 Å². The van der Waals surface area contributed by atoms with Crippen LogP contribution in [-0.4, -0.2) is 59.8 Å². The van der Waals surface area contributed by atoms with Crippen LogP contribution in [0.4, 0.5) is 0 Å². The number of hydrogen-bond donors (Lipinski definition) is 1. The van der Waals surface area contributed by atoms with E-state index in [1.54, 1.807) is 35.1 Å². The maximum atomic E-state index is 12.8. The van der Waals surface area contributed by atoms with Crippen molar-refractivity contribution < 1.29 is 19.1 Å². The summed E-state index contributed by atoms with van der Waals surface area (Å²) in [6.07, 6.45) is 2.43. The highest BCUT2D eigenvalue weighted by atomic mass is 16.5. The molecule has 146 valence electrons. The fourth-order valence-electron chi connectivity index (χ4n) is 3.66. The SMILES string of the molecule is CC[C@H](C)NC(=O)c1ccc(OC)c(CN2CC(=O)N3CCC[C@H]3C2=O)c1. The Morgan fingerprint density at radius 1 is 1.37 bits per heavy atom. The van der Waals surface area contributed by atoms with Crippen LogP contribution in [0.1, 0.15) is 49.0 Å². The van der Waals surface area contributed by atoms with E-state index >= 15 is 0 Å². The van der Waals surface area contributed by atoms with Crippen LogP contribution in [0.25, 0.3) is 0 Å². The number of carbonyl (C=O) groups excluding carboxylic acids is 3. The molecule has 1 aromatic carbocycles. The molecular weight excluding hydrogens is 346 g/mol. The molecule has 0 aliphatic carbocycles. The van der Waals surface area contributed by atoms with Gasteiger partial charge in [0.15, 0.2) is 0 Å². The Balaban J connectivity index is 1.80. The fourth-order valence-corrected chi connectivity index (χ4v) is 3.66. The third-order valence-electron chi connectivity index (χ3n) is 5.39. The predicted octanol–water partition coefficient (Wildman–Crippen LogP) is 1.56. The van der Waals surface area contributed by atoms with Crippen molar-refractivity contribution in [1.82, 2.24) is 15.1 Å². The highest BCUT2D eigenvalue weighted by Gasteiger charge is 2.41. The third-order valence-corrected chi connectivity index (χ3v) is 5.39. The molecule has 7 heteroatoms. The van der Waals surface area contributed by atoms with Gasteiger partial charge in [0.1, 0.15) is 18.3 Å². The summed E-state index contributed by atoms with van der Waals surface area (Å²) in [7, 11) is 1.56. The van der Waals surface area contributed by atoms with E-state index in [4.69, 9.17) is 4.74 Å². The van der Waals surface area contributed by atoms with Crippen LogP contribution in [0.2, 0.25) is 0 Å². The van der Waals surface area contributed by atoms with Crippen molar-refractivity contribution in [2.24, 2.45) is 0 Å². The number of ether oxygens (including phenoxy) is 1. The van der Waals surface area contributed by atoms with Crippen LogP contribution < -0.4 is 10.1 Å². The smallest absolute Gasteiger partial charge is 0.251 e. The quantitative estimate of drug-likeness (QED) is 0.821. The van der Waals surface area contributed by atoms with Gasteiger partial charge in [-0.3, -0.25) is 14.4 Å². The van der Waals surface area contributed by atoms with Crippen LogP contribution in [0.3, 0.4) is 0 Å². The number of hydrogen-bond acceptors (Lipinski definition) is 4. The van der Waals surface area contributed by atoms with Gasteiger partial charge in [-0.1, -0.05) is 6.92 Å². The Bertz CT molecular complexity index is 749. The van der Waals surface area contributed by atoms with Gasteiger partial charge in [-0.05, 0) is 44.4 Å². The van der Waals surface area contributed by atoms with Crippen LogP contribution in [-0.2, 0) is 16.1 Å². The average molecular weight is 373 g/mol. The highest BCUT2D eigenvalue weighted by Crippen LogP contribution is 2.27. The first kappa shape index (κ1) is 19.2. The minimum Gasteiger partial charge on any atom is -0.496 e. The van der Waals surface area contributed by atoms with Gasteiger partial charge in [0.2, 0.25) is 11.8 Å². The molecule has 27 heavy (non-hydrogen) atoms. The van der Waals surface area contributed by atoms with Crippen LogP contribution in [0.5, 0.6) is 5.75 Å². The Hall–Kier alpha value is -2.57. The van der Waals surface area contributed by atoms with Crippen molar-refractivity contribution in [2.45, 2.75) is 51.7 Å². The average Bonchev–Trinajstić information content (AvgIpc) is 3.16. The molecule has 0 aromatic heterocycles. The number of fused-ring (bicyclic) bond motifs is 1. The molecule has 1 N–H and O–H groups in total. The van der Waals surface area contributed by atoms with E-state index in [1.807, 2.05) is 13.8 Å². The second-order valence-electron chi connectivity index (χ2n) is 7.25. The fraction of sp³-hybridized carbons (Fsp3) is 0.550. The molecule has 2 fully saturated rings. The van der Waals surface area contributed by atoms with Crippen molar-refractivity contribution in [3.8, 4) is 5.75 Å². The molecule has 2 saturated heterocycles. The van der Waals surface area contributed by atoms with Gasteiger partial charge in [-0.2, -0.15) is 0 Å². The Labute approximate surface area is 159 Å². The maximum absolute atomic E-state index is 12.8. The molecule has 2 atom stereocenters. The van der Waals surface area contributed by atoms with E-state index in [0.29, 0.717) is 17.9 Å². The third kappa shape index (κ3) is 3.91. The normalized spacial score (nSPS) is 20.5. The monoisotopic (exact) mass is 373 g/mol. The van der Waals surface area contributed by atoms with Gasteiger partial charge in [0.05, 0.1) is 7.11 Å². The number of piperazine rings is 1. The lowest BCUT2D eigenvalue weighted by Crippen LogP contribution is -2.56.